The number of benzene rings is 1. The lowest BCUT2D eigenvalue weighted by atomic mass is 10.1. The summed E-state index contributed by atoms with van der Waals surface area (Å²) in [6.45, 7) is 0. The zero-order chi connectivity index (χ0) is 15.8. The van der Waals surface area contributed by atoms with E-state index in [0.717, 1.165) is 16.2 Å². The smallest absolute Gasteiger partial charge is 0.260 e. The number of carbonyl (C=O) groups is 1. The fraction of sp³-hybridized carbons (Fsp3) is 0.200. The summed E-state index contributed by atoms with van der Waals surface area (Å²) >= 11 is 2.85. The molecule has 0 unspecified atom stereocenters. The molecule has 0 spiro atoms. The second-order valence-electron chi connectivity index (χ2n) is 3.86. The topological polar surface area (TPSA) is 76.1 Å². The number of carbonyl (C=O) groups excluding carboxylic acids is 1. The van der Waals surface area contributed by atoms with Crippen molar-refractivity contribution in [2.45, 2.75) is 0 Å². The highest BCUT2D eigenvalue weighted by Crippen LogP contribution is 2.31. The third-order valence-corrected chi connectivity index (χ3v) is 4.24. The number of amides is 1. The van der Waals surface area contributed by atoms with Crippen LogP contribution in [0.5, 0.6) is 5.75 Å². The van der Waals surface area contributed by atoms with Crippen molar-refractivity contribution in [2.75, 3.05) is 19.6 Å². The maximum Gasteiger partial charge on any atom is 0.260 e. The Hall–Kier alpha value is -1.84. The normalized spacial score (nSPS) is 12.4. The largest absolute Gasteiger partial charge is 0.497 e. The van der Waals surface area contributed by atoms with Crippen LogP contribution in [0.3, 0.4) is 0 Å². The van der Waals surface area contributed by atoms with E-state index >= 15 is 0 Å². The minimum absolute atomic E-state index is 0.0254. The van der Waals surface area contributed by atoms with Gasteiger partial charge in [-0.15, -0.1) is 23.5 Å². The molecule has 0 heterocycles. The molecule has 21 heavy (non-hydrogen) atoms. The van der Waals surface area contributed by atoms with Gasteiger partial charge in [0.05, 0.1) is 7.11 Å². The van der Waals surface area contributed by atoms with Gasteiger partial charge in [0.2, 0.25) is 0 Å². The van der Waals surface area contributed by atoms with Crippen LogP contribution >= 0.6 is 23.5 Å². The van der Waals surface area contributed by atoms with Gasteiger partial charge in [0, 0.05) is 9.81 Å². The minimum atomic E-state index is -0.715. The van der Waals surface area contributed by atoms with Crippen LogP contribution < -0.4 is 10.5 Å². The number of methoxy groups -OCH3 is 1. The lowest BCUT2D eigenvalue weighted by Crippen LogP contribution is -2.13. The monoisotopic (exact) mass is 320 g/mol. The van der Waals surface area contributed by atoms with E-state index in [0.29, 0.717) is 4.91 Å². The predicted molar refractivity (Wildman–Crippen MR) is 89.8 cm³/mol. The Morgan fingerprint density at radius 3 is 2.29 bits per heavy atom. The maximum absolute atomic E-state index is 11.3. The molecule has 0 bridgehead atoms. The average molecular weight is 320 g/mol. The zero-order valence-corrected chi connectivity index (χ0v) is 13.7. The first-order valence-electron chi connectivity index (χ1n) is 5.95. The van der Waals surface area contributed by atoms with E-state index in [1.54, 1.807) is 19.4 Å². The van der Waals surface area contributed by atoms with Crippen LogP contribution in [0.2, 0.25) is 0 Å². The van der Waals surface area contributed by atoms with E-state index in [1.807, 2.05) is 36.6 Å². The highest BCUT2D eigenvalue weighted by Gasteiger charge is 2.11. The van der Waals surface area contributed by atoms with Crippen LogP contribution in [0.15, 0.2) is 40.8 Å². The molecule has 0 aromatic heterocycles. The van der Waals surface area contributed by atoms with Crippen LogP contribution in [0.25, 0.3) is 4.91 Å². The van der Waals surface area contributed by atoms with Crippen molar-refractivity contribution in [1.82, 2.24) is 0 Å². The second-order valence-corrected chi connectivity index (χ2v) is 5.56. The standard InChI is InChI=1S/C15H16N2O2S2/c1-19-11-6-4-10(5-7-11)13(20-2)8-14(21-3)12(9-16)15(17)18/h4-8H,1-3H3,(H2,17,18)/b13-8+,14-12-. The minimum Gasteiger partial charge on any atom is -0.497 e. The third kappa shape index (κ3) is 4.59. The molecular weight excluding hydrogens is 304 g/mol. The van der Waals surface area contributed by atoms with E-state index in [-0.39, 0.29) is 5.57 Å². The van der Waals surface area contributed by atoms with Gasteiger partial charge in [0.1, 0.15) is 17.4 Å². The van der Waals surface area contributed by atoms with Gasteiger partial charge in [0.15, 0.2) is 0 Å². The third-order valence-electron chi connectivity index (χ3n) is 2.68. The number of nitrogens with zero attached hydrogens (tertiary/aromatic N) is 1. The molecule has 0 atom stereocenters. The van der Waals surface area contributed by atoms with Crippen molar-refractivity contribution in [3.63, 3.8) is 0 Å². The number of nitriles is 1. The quantitative estimate of drug-likeness (QED) is 0.495. The first-order chi connectivity index (χ1) is 10.1. The molecule has 1 amide bonds. The van der Waals surface area contributed by atoms with Crippen molar-refractivity contribution in [2.24, 2.45) is 5.73 Å². The van der Waals surface area contributed by atoms with E-state index in [9.17, 15) is 4.79 Å². The molecule has 0 aliphatic rings. The molecule has 0 aliphatic heterocycles. The fourth-order valence-electron chi connectivity index (χ4n) is 1.60. The number of nitrogens with two attached hydrogens (primary N) is 1. The van der Waals surface area contributed by atoms with Gasteiger partial charge in [-0.25, -0.2) is 0 Å². The average Bonchev–Trinajstić information content (AvgIpc) is 2.51. The van der Waals surface area contributed by atoms with Gasteiger partial charge in [-0.2, -0.15) is 5.26 Å². The van der Waals surface area contributed by atoms with Gasteiger partial charge in [0.25, 0.3) is 5.91 Å². The predicted octanol–water partition coefficient (Wildman–Crippen LogP) is 3.03. The van der Waals surface area contributed by atoms with Crippen LogP contribution in [-0.2, 0) is 4.79 Å². The Kier molecular flexibility index (Phi) is 6.92. The molecule has 110 valence electrons. The van der Waals surface area contributed by atoms with E-state index in [2.05, 4.69) is 0 Å². The van der Waals surface area contributed by atoms with Gasteiger partial charge < -0.3 is 10.5 Å². The number of thioether (sulfide) groups is 2. The van der Waals surface area contributed by atoms with Gasteiger partial charge in [-0.05, 0) is 36.3 Å². The molecule has 1 aromatic carbocycles. The maximum atomic E-state index is 11.3. The summed E-state index contributed by atoms with van der Waals surface area (Å²) in [4.78, 5) is 12.8. The molecule has 0 radical (unpaired) electrons. The van der Waals surface area contributed by atoms with Crippen molar-refractivity contribution in [3.8, 4) is 11.8 Å². The Labute approximate surface area is 133 Å². The van der Waals surface area contributed by atoms with Gasteiger partial charge in [-0.3, -0.25) is 4.79 Å². The Morgan fingerprint density at radius 1 is 1.29 bits per heavy atom. The molecule has 4 nitrogen and oxygen atoms in total. The zero-order valence-electron chi connectivity index (χ0n) is 12.0. The summed E-state index contributed by atoms with van der Waals surface area (Å²) < 4.78 is 5.13. The summed E-state index contributed by atoms with van der Waals surface area (Å²) in [5.74, 6) is 0.0583. The Morgan fingerprint density at radius 2 is 1.90 bits per heavy atom. The summed E-state index contributed by atoms with van der Waals surface area (Å²) in [6, 6.07) is 9.44. The van der Waals surface area contributed by atoms with E-state index in [1.165, 1.54) is 23.5 Å². The number of allylic oxidation sites excluding steroid dienone is 1. The second kappa shape index (κ2) is 8.45. The van der Waals surface area contributed by atoms with Crippen LogP contribution in [0, 0.1) is 11.3 Å². The molecule has 0 saturated heterocycles. The van der Waals surface area contributed by atoms with Crippen LogP contribution in [0.4, 0.5) is 0 Å². The Balaban J connectivity index is 3.29. The van der Waals surface area contributed by atoms with Crippen LogP contribution in [-0.4, -0.2) is 25.5 Å². The van der Waals surface area contributed by atoms with Crippen molar-refractivity contribution in [1.29, 1.82) is 5.26 Å². The van der Waals surface area contributed by atoms with Gasteiger partial charge in [-0.1, -0.05) is 12.1 Å². The molecule has 0 saturated carbocycles. The molecular formula is C15H16N2O2S2. The van der Waals surface area contributed by atoms with Crippen molar-refractivity contribution < 1.29 is 9.53 Å². The molecule has 1 rings (SSSR count). The summed E-state index contributed by atoms with van der Waals surface area (Å²) in [5.41, 5.74) is 6.19. The lowest BCUT2D eigenvalue weighted by molar-refractivity contribution is -0.114. The van der Waals surface area contributed by atoms with Crippen molar-refractivity contribution in [3.05, 3.63) is 46.4 Å². The highest BCUT2D eigenvalue weighted by molar-refractivity contribution is 8.07. The van der Waals surface area contributed by atoms with Crippen molar-refractivity contribution >= 4 is 34.3 Å². The summed E-state index contributed by atoms with van der Waals surface area (Å²) in [7, 11) is 1.61. The molecule has 2 N–H and O–H groups in total. The molecule has 0 fully saturated rings. The lowest BCUT2D eigenvalue weighted by Gasteiger charge is -2.08. The van der Waals surface area contributed by atoms with Crippen LogP contribution in [0.1, 0.15) is 5.56 Å². The molecule has 1 aromatic rings. The van der Waals surface area contributed by atoms with E-state index in [4.69, 9.17) is 15.7 Å². The number of hydrogen-bond acceptors (Lipinski definition) is 5. The summed E-state index contributed by atoms with van der Waals surface area (Å²) in [6.07, 6.45) is 5.54. The van der Waals surface area contributed by atoms with E-state index < -0.39 is 5.91 Å². The number of ether oxygens (including phenoxy) is 1. The van der Waals surface area contributed by atoms with Gasteiger partial charge >= 0.3 is 0 Å². The first kappa shape index (κ1) is 17.2. The first-order valence-corrected chi connectivity index (χ1v) is 8.40. The molecule has 0 aliphatic carbocycles. The number of primary amides is 1. The summed E-state index contributed by atoms with van der Waals surface area (Å²) in [5, 5.41) is 9.05. The fourth-order valence-corrected chi connectivity index (χ4v) is 2.87. The number of hydrogen-bond donors (Lipinski definition) is 1. The molecule has 6 heteroatoms. The number of rotatable bonds is 6. The SMILES string of the molecule is COc1ccc(/C(=C\C(SC)=C(/C#N)C(N)=O)SC)cc1. The highest BCUT2D eigenvalue weighted by atomic mass is 32.2. The Bertz CT molecular complexity index is 614.